The summed E-state index contributed by atoms with van der Waals surface area (Å²) in [5.74, 6) is 0.529. The molecule has 0 saturated carbocycles. The third-order valence-corrected chi connectivity index (χ3v) is 3.82. The molecule has 0 spiro atoms. The first-order valence-corrected chi connectivity index (χ1v) is 7.30. The van der Waals surface area contributed by atoms with E-state index < -0.39 is 5.43 Å². The molecule has 1 aromatic carbocycles. The quantitative estimate of drug-likeness (QED) is 0.847. The average molecular weight is 307 g/mol. The summed E-state index contributed by atoms with van der Waals surface area (Å²) >= 11 is 6.56. The highest BCUT2D eigenvalue weighted by atomic mass is 32.2. The van der Waals surface area contributed by atoms with Crippen LogP contribution in [-0.4, -0.2) is 9.43 Å². The van der Waals surface area contributed by atoms with E-state index in [0.29, 0.717) is 22.4 Å². The van der Waals surface area contributed by atoms with Crippen molar-refractivity contribution in [3.63, 3.8) is 0 Å². The molecule has 0 saturated heterocycles. The van der Waals surface area contributed by atoms with Crippen LogP contribution in [-0.2, 0) is 12.3 Å². The minimum Gasteiger partial charge on any atom is -0.502 e. The Morgan fingerprint density at radius 2 is 2.10 bits per heavy atom. The van der Waals surface area contributed by atoms with Crippen LogP contribution in [0.1, 0.15) is 11.3 Å². The van der Waals surface area contributed by atoms with Gasteiger partial charge in [-0.15, -0.1) is 0 Å². The first-order chi connectivity index (χ1) is 9.65. The Hall–Kier alpha value is -1.79. The van der Waals surface area contributed by atoms with Gasteiger partial charge in [-0.3, -0.25) is 4.79 Å². The van der Waals surface area contributed by atoms with Gasteiger partial charge >= 0.3 is 0 Å². The predicted molar refractivity (Wildman–Crippen MR) is 83.8 cm³/mol. The molecule has 0 aliphatic carbocycles. The zero-order valence-electron chi connectivity index (χ0n) is 10.5. The van der Waals surface area contributed by atoms with Crippen LogP contribution in [0.4, 0.5) is 0 Å². The molecule has 0 aliphatic rings. The topological polar surface area (TPSA) is 62.5 Å². The van der Waals surface area contributed by atoms with E-state index in [2.05, 4.69) is 5.32 Å². The monoisotopic (exact) mass is 307 g/mol. The third-order valence-electron chi connectivity index (χ3n) is 2.49. The fourth-order valence-corrected chi connectivity index (χ4v) is 2.33. The van der Waals surface area contributed by atoms with Crippen LogP contribution in [0, 0.1) is 0 Å². The smallest absolute Gasteiger partial charge is 0.226 e. The van der Waals surface area contributed by atoms with Gasteiger partial charge < -0.3 is 14.8 Å². The minimum atomic E-state index is -0.449. The fraction of sp³-hybridized carbons (Fsp3) is 0.143. The number of benzene rings is 1. The lowest BCUT2D eigenvalue weighted by molar-refractivity contribution is 0.419. The van der Waals surface area contributed by atoms with E-state index in [-0.39, 0.29) is 5.75 Å². The highest BCUT2D eigenvalue weighted by molar-refractivity contribution is 8.22. The van der Waals surface area contributed by atoms with E-state index >= 15 is 0 Å². The lowest BCUT2D eigenvalue weighted by atomic mass is 10.2. The Labute approximate surface area is 125 Å². The van der Waals surface area contributed by atoms with Crippen molar-refractivity contribution < 1.29 is 9.52 Å². The van der Waals surface area contributed by atoms with E-state index in [1.165, 1.54) is 17.8 Å². The van der Waals surface area contributed by atoms with E-state index in [0.717, 1.165) is 11.8 Å². The van der Waals surface area contributed by atoms with Crippen LogP contribution >= 0.6 is 24.0 Å². The van der Waals surface area contributed by atoms with E-state index in [4.69, 9.17) is 21.7 Å². The van der Waals surface area contributed by atoms with E-state index in [1.807, 2.05) is 30.3 Å². The Balaban J connectivity index is 1.80. The molecule has 1 aromatic heterocycles. The molecule has 20 heavy (non-hydrogen) atoms. The second-order valence-corrected chi connectivity index (χ2v) is 5.66. The van der Waals surface area contributed by atoms with Gasteiger partial charge in [0.15, 0.2) is 5.75 Å². The van der Waals surface area contributed by atoms with Gasteiger partial charge in [0.25, 0.3) is 0 Å². The Kier molecular flexibility index (Phi) is 5.20. The maximum absolute atomic E-state index is 11.2. The molecule has 0 aliphatic heterocycles. The van der Waals surface area contributed by atoms with Gasteiger partial charge in [0, 0.05) is 12.6 Å². The molecule has 0 radical (unpaired) electrons. The van der Waals surface area contributed by atoms with Crippen LogP contribution in [0.5, 0.6) is 5.75 Å². The number of thioether (sulfide) groups is 1. The molecular formula is C14H13NO3S2. The fourth-order valence-electron chi connectivity index (χ4n) is 1.48. The van der Waals surface area contributed by atoms with Gasteiger partial charge in [0.1, 0.15) is 16.3 Å². The highest BCUT2D eigenvalue weighted by Gasteiger charge is 2.04. The maximum atomic E-state index is 11.2. The zero-order chi connectivity index (χ0) is 14.4. The van der Waals surface area contributed by atoms with E-state index in [1.54, 1.807) is 0 Å². The number of thiocarbonyl (C=S) groups is 1. The number of hydrogen-bond donors (Lipinski definition) is 2. The Morgan fingerprint density at radius 3 is 2.80 bits per heavy atom. The summed E-state index contributed by atoms with van der Waals surface area (Å²) in [5, 5.41) is 12.2. The lowest BCUT2D eigenvalue weighted by Crippen LogP contribution is -2.17. The van der Waals surface area contributed by atoms with Crippen LogP contribution in [0.3, 0.4) is 0 Å². The second kappa shape index (κ2) is 7.12. The molecule has 2 aromatic rings. The molecule has 2 rings (SSSR count). The zero-order valence-corrected chi connectivity index (χ0v) is 12.2. The summed E-state index contributed by atoms with van der Waals surface area (Å²) in [5.41, 5.74) is 0.696. The minimum absolute atomic E-state index is 0.386. The van der Waals surface area contributed by atoms with Crippen LogP contribution in [0.15, 0.2) is 51.9 Å². The van der Waals surface area contributed by atoms with Crippen molar-refractivity contribution in [3.05, 3.63) is 64.2 Å². The van der Waals surface area contributed by atoms with Crippen LogP contribution in [0.25, 0.3) is 0 Å². The molecule has 1 heterocycles. The van der Waals surface area contributed by atoms with Gasteiger partial charge in [0.05, 0.1) is 5.75 Å². The van der Waals surface area contributed by atoms with Crippen molar-refractivity contribution in [1.82, 2.24) is 5.32 Å². The summed E-state index contributed by atoms with van der Waals surface area (Å²) < 4.78 is 5.72. The van der Waals surface area contributed by atoms with Crippen molar-refractivity contribution in [1.29, 1.82) is 0 Å². The van der Waals surface area contributed by atoms with E-state index in [9.17, 15) is 4.79 Å². The molecule has 0 unspecified atom stereocenters. The second-order valence-electron chi connectivity index (χ2n) is 4.01. The molecule has 0 fully saturated rings. The van der Waals surface area contributed by atoms with Crippen molar-refractivity contribution in [3.8, 4) is 5.75 Å². The van der Waals surface area contributed by atoms with Crippen molar-refractivity contribution >= 4 is 28.3 Å². The van der Waals surface area contributed by atoms with Crippen LogP contribution < -0.4 is 10.7 Å². The summed E-state index contributed by atoms with van der Waals surface area (Å²) in [6.07, 6.45) is 1.04. The molecule has 0 amide bonds. The highest BCUT2D eigenvalue weighted by Crippen LogP contribution is 2.13. The van der Waals surface area contributed by atoms with Crippen molar-refractivity contribution in [2.24, 2.45) is 0 Å². The summed E-state index contributed by atoms with van der Waals surface area (Å²) in [4.78, 5) is 11.2. The van der Waals surface area contributed by atoms with Gasteiger partial charge in [-0.1, -0.05) is 54.3 Å². The number of aromatic hydroxyl groups is 1. The first-order valence-electron chi connectivity index (χ1n) is 5.90. The summed E-state index contributed by atoms with van der Waals surface area (Å²) in [6.45, 7) is 0.659. The standard InChI is InChI=1S/C14H13NO3S2/c16-12-6-11(18-8-13(12)17)9-20-14(19)15-7-10-4-2-1-3-5-10/h1-6,8,17H,7,9H2,(H,15,19). The number of nitrogens with one attached hydrogen (secondary N) is 1. The molecule has 0 atom stereocenters. The first kappa shape index (κ1) is 14.6. The SMILES string of the molecule is O=c1cc(CSC(=S)NCc2ccccc2)occ1O. The summed E-state index contributed by atoms with van der Waals surface area (Å²) in [7, 11) is 0. The third kappa shape index (κ3) is 4.40. The summed E-state index contributed by atoms with van der Waals surface area (Å²) in [6, 6.07) is 11.2. The predicted octanol–water partition coefficient (Wildman–Crippen LogP) is 2.65. The normalized spacial score (nSPS) is 10.2. The lowest BCUT2D eigenvalue weighted by Gasteiger charge is -2.07. The molecule has 6 heteroatoms. The largest absolute Gasteiger partial charge is 0.502 e. The Bertz CT molecular complexity index is 640. The van der Waals surface area contributed by atoms with Gasteiger partial charge in [-0.2, -0.15) is 0 Å². The van der Waals surface area contributed by atoms with Gasteiger partial charge in [-0.25, -0.2) is 0 Å². The molecular weight excluding hydrogens is 294 g/mol. The van der Waals surface area contributed by atoms with Gasteiger partial charge in [-0.05, 0) is 5.56 Å². The average Bonchev–Trinajstić information content (AvgIpc) is 2.47. The maximum Gasteiger partial charge on any atom is 0.226 e. The molecule has 104 valence electrons. The Morgan fingerprint density at radius 1 is 1.35 bits per heavy atom. The molecule has 2 N–H and O–H groups in total. The molecule has 0 bridgehead atoms. The van der Waals surface area contributed by atoms with Crippen LogP contribution in [0.2, 0.25) is 0 Å². The van der Waals surface area contributed by atoms with Crippen molar-refractivity contribution in [2.75, 3.05) is 0 Å². The van der Waals surface area contributed by atoms with Gasteiger partial charge in [0.2, 0.25) is 5.43 Å². The number of hydrogen-bond acceptors (Lipinski definition) is 5. The molecule has 4 nitrogen and oxygen atoms in total. The number of rotatable bonds is 4. The van der Waals surface area contributed by atoms with Crippen molar-refractivity contribution in [2.45, 2.75) is 12.3 Å².